The summed E-state index contributed by atoms with van der Waals surface area (Å²) in [5.41, 5.74) is 2.20. The number of rotatable bonds is 8. The van der Waals surface area contributed by atoms with Gasteiger partial charge in [-0.15, -0.1) is 10.2 Å². The lowest BCUT2D eigenvalue weighted by Crippen LogP contribution is -2.27. The second kappa shape index (κ2) is 9.41. The number of thioether (sulfide) groups is 1. The average molecular weight is 397 g/mol. The van der Waals surface area contributed by atoms with Crippen molar-refractivity contribution >= 4 is 17.7 Å². The molecule has 1 N–H and O–H groups in total. The van der Waals surface area contributed by atoms with Gasteiger partial charge in [0.1, 0.15) is 5.75 Å². The monoisotopic (exact) mass is 396 g/mol. The topological polar surface area (TPSA) is 69.0 Å². The van der Waals surface area contributed by atoms with Crippen LogP contribution in [0.4, 0.5) is 0 Å². The van der Waals surface area contributed by atoms with E-state index in [1.807, 2.05) is 49.4 Å². The molecule has 1 aromatic heterocycles. The molecule has 0 aliphatic carbocycles. The molecule has 0 aliphatic rings. The Labute approximate surface area is 169 Å². The molecule has 28 heavy (non-hydrogen) atoms. The quantitative estimate of drug-likeness (QED) is 0.591. The molecule has 0 aliphatic heterocycles. The Morgan fingerprint density at radius 3 is 2.50 bits per heavy atom. The molecule has 7 heteroatoms. The van der Waals surface area contributed by atoms with Crippen LogP contribution in [0.15, 0.2) is 59.8 Å². The van der Waals surface area contributed by atoms with Gasteiger partial charge in [0.05, 0.1) is 12.4 Å². The Morgan fingerprint density at radius 1 is 1.14 bits per heavy atom. The van der Waals surface area contributed by atoms with E-state index in [1.165, 1.54) is 17.3 Å². The molecular weight excluding hydrogens is 372 g/mol. The van der Waals surface area contributed by atoms with Gasteiger partial charge in [0, 0.05) is 19.2 Å². The number of hydrogen-bond acceptors (Lipinski definition) is 5. The first-order chi connectivity index (χ1) is 13.6. The summed E-state index contributed by atoms with van der Waals surface area (Å²) >= 11 is 1.41. The predicted octanol–water partition coefficient (Wildman–Crippen LogP) is 3.42. The molecule has 0 radical (unpaired) electrons. The molecule has 0 spiro atoms. The van der Waals surface area contributed by atoms with E-state index in [1.54, 1.807) is 14.2 Å². The van der Waals surface area contributed by atoms with Crippen LogP contribution in [0.2, 0.25) is 0 Å². The number of nitrogens with one attached hydrogen (secondary N) is 1. The van der Waals surface area contributed by atoms with E-state index < -0.39 is 0 Å². The lowest BCUT2D eigenvalue weighted by atomic mass is 10.1. The van der Waals surface area contributed by atoms with Crippen molar-refractivity contribution in [2.45, 2.75) is 30.3 Å². The zero-order valence-electron chi connectivity index (χ0n) is 16.3. The van der Waals surface area contributed by atoms with Gasteiger partial charge in [0.2, 0.25) is 5.91 Å². The van der Waals surface area contributed by atoms with E-state index in [9.17, 15) is 4.79 Å². The first-order valence-corrected chi connectivity index (χ1v) is 10.00. The van der Waals surface area contributed by atoms with Crippen molar-refractivity contribution in [2.24, 2.45) is 0 Å². The van der Waals surface area contributed by atoms with Crippen molar-refractivity contribution in [3.8, 4) is 17.1 Å². The van der Waals surface area contributed by atoms with Gasteiger partial charge in [-0.05, 0) is 43.2 Å². The molecule has 0 bridgehead atoms. The molecular formula is C21H24N4O2S. The zero-order valence-corrected chi connectivity index (χ0v) is 17.1. The minimum atomic E-state index is -0.256. The summed E-state index contributed by atoms with van der Waals surface area (Å²) < 4.78 is 7.33. The largest absolute Gasteiger partial charge is 0.497 e. The normalized spacial score (nSPS) is 11.8. The number of ether oxygens (including phenoxy) is 1. The van der Waals surface area contributed by atoms with Crippen molar-refractivity contribution in [3.05, 3.63) is 60.2 Å². The molecule has 6 nitrogen and oxygen atoms in total. The minimum Gasteiger partial charge on any atom is -0.497 e. The van der Waals surface area contributed by atoms with Crippen molar-refractivity contribution in [1.82, 2.24) is 20.1 Å². The number of amides is 1. The maximum Gasteiger partial charge on any atom is 0.233 e. The van der Waals surface area contributed by atoms with Gasteiger partial charge in [-0.2, -0.15) is 0 Å². The Balaban J connectivity index is 1.90. The predicted molar refractivity (Wildman–Crippen MR) is 112 cm³/mol. The molecule has 1 heterocycles. The van der Waals surface area contributed by atoms with Crippen LogP contribution in [0.25, 0.3) is 11.4 Å². The molecule has 2 aromatic carbocycles. The van der Waals surface area contributed by atoms with Gasteiger partial charge in [0.25, 0.3) is 0 Å². The summed E-state index contributed by atoms with van der Waals surface area (Å²) in [5, 5.41) is 11.9. The Hall–Kier alpha value is -2.80. The van der Waals surface area contributed by atoms with E-state index in [4.69, 9.17) is 4.74 Å². The fourth-order valence-electron chi connectivity index (χ4n) is 2.83. The smallest absolute Gasteiger partial charge is 0.233 e. The number of carbonyl (C=O) groups is 1. The van der Waals surface area contributed by atoms with Gasteiger partial charge in [-0.3, -0.25) is 4.79 Å². The van der Waals surface area contributed by atoms with Crippen LogP contribution in [-0.4, -0.2) is 40.1 Å². The molecule has 0 saturated heterocycles. The first-order valence-electron chi connectivity index (χ1n) is 9.12. The molecule has 0 saturated carbocycles. The lowest BCUT2D eigenvalue weighted by Gasteiger charge is -2.13. The third-order valence-corrected chi connectivity index (χ3v) is 5.51. The molecule has 3 rings (SSSR count). The van der Waals surface area contributed by atoms with Crippen LogP contribution < -0.4 is 10.1 Å². The van der Waals surface area contributed by atoms with Crippen molar-refractivity contribution in [3.63, 3.8) is 0 Å². The highest BCUT2D eigenvalue weighted by molar-refractivity contribution is 8.00. The number of nitrogens with zero attached hydrogens (tertiary/aromatic N) is 3. The highest BCUT2D eigenvalue weighted by Gasteiger charge is 2.20. The number of benzene rings is 2. The molecule has 1 amide bonds. The highest BCUT2D eigenvalue weighted by atomic mass is 32.2. The summed E-state index contributed by atoms with van der Waals surface area (Å²) in [6.07, 6.45) is 0.851. The summed E-state index contributed by atoms with van der Waals surface area (Å²) in [4.78, 5) is 12.0. The third-order valence-electron chi connectivity index (χ3n) is 4.43. The summed E-state index contributed by atoms with van der Waals surface area (Å²) in [7, 11) is 3.29. The Kier molecular flexibility index (Phi) is 6.71. The lowest BCUT2D eigenvalue weighted by molar-refractivity contribution is -0.119. The average Bonchev–Trinajstić information content (AvgIpc) is 3.14. The number of hydrogen-bond donors (Lipinski definition) is 1. The van der Waals surface area contributed by atoms with E-state index in [2.05, 4.69) is 32.2 Å². The second-order valence-corrected chi connectivity index (χ2v) is 7.60. The summed E-state index contributed by atoms with van der Waals surface area (Å²) in [6.45, 7) is 2.59. The van der Waals surface area contributed by atoms with E-state index in [0.29, 0.717) is 0 Å². The minimum absolute atomic E-state index is 0.0337. The van der Waals surface area contributed by atoms with Crippen molar-refractivity contribution in [2.75, 3.05) is 14.2 Å². The molecule has 1 atom stereocenters. The van der Waals surface area contributed by atoms with Crippen LogP contribution in [-0.2, 0) is 17.8 Å². The number of aryl methyl sites for hydroxylation is 1. The number of methoxy groups -OCH3 is 1. The van der Waals surface area contributed by atoms with Crippen molar-refractivity contribution < 1.29 is 9.53 Å². The summed E-state index contributed by atoms with van der Waals surface area (Å²) in [6, 6.07) is 18.1. The third kappa shape index (κ3) is 4.72. The molecule has 3 aromatic rings. The van der Waals surface area contributed by atoms with Crippen LogP contribution in [0, 0.1) is 0 Å². The van der Waals surface area contributed by atoms with Crippen molar-refractivity contribution in [1.29, 1.82) is 0 Å². The van der Waals surface area contributed by atoms with E-state index in [0.717, 1.165) is 35.3 Å². The van der Waals surface area contributed by atoms with E-state index >= 15 is 0 Å². The Bertz CT molecular complexity index is 910. The van der Waals surface area contributed by atoms with E-state index in [-0.39, 0.29) is 11.2 Å². The maximum atomic E-state index is 12.0. The van der Waals surface area contributed by atoms with Gasteiger partial charge in [-0.1, -0.05) is 42.1 Å². The van der Waals surface area contributed by atoms with Crippen LogP contribution >= 0.6 is 11.8 Å². The second-order valence-electron chi connectivity index (χ2n) is 6.30. The SMILES string of the molecule is CNC(=O)C(C)Sc1nnc(-c2ccc(OC)cc2)n1CCc1ccccc1. The first kappa shape index (κ1) is 19.9. The number of aromatic nitrogens is 3. The van der Waals surface area contributed by atoms with Crippen LogP contribution in [0.5, 0.6) is 5.75 Å². The van der Waals surface area contributed by atoms with Gasteiger partial charge >= 0.3 is 0 Å². The maximum absolute atomic E-state index is 12.0. The van der Waals surface area contributed by atoms with Crippen LogP contribution in [0.1, 0.15) is 12.5 Å². The molecule has 146 valence electrons. The summed E-state index contributed by atoms with van der Waals surface area (Å²) in [5.74, 6) is 1.54. The van der Waals surface area contributed by atoms with Gasteiger partial charge < -0.3 is 14.6 Å². The molecule has 1 unspecified atom stereocenters. The Morgan fingerprint density at radius 2 is 1.86 bits per heavy atom. The van der Waals surface area contributed by atoms with Gasteiger partial charge in [0.15, 0.2) is 11.0 Å². The number of carbonyl (C=O) groups excluding carboxylic acids is 1. The zero-order chi connectivity index (χ0) is 19.9. The highest BCUT2D eigenvalue weighted by Crippen LogP contribution is 2.28. The fourth-order valence-corrected chi connectivity index (χ4v) is 3.77. The van der Waals surface area contributed by atoms with Gasteiger partial charge in [-0.25, -0.2) is 0 Å². The fraction of sp³-hybridized carbons (Fsp3) is 0.286. The standard InChI is InChI=1S/C21H24N4O2S/c1-15(20(26)22-2)28-21-24-23-19(17-9-11-18(27-3)12-10-17)25(21)14-13-16-7-5-4-6-8-16/h4-12,15H,13-14H2,1-3H3,(H,22,26). The molecule has 0 fully saturated rings. The van der Waals surface area contributed by atoms with Crippen LogP contribution in [0.3, 0.4) is 0 Å².